The van der Waals surface area contributed by atoms with Gasteiger partial charge in [0.05, 0.1) is 6.61 Å². The number of rotatable bonds is 5. The molecule has 19 heavy (non-hydrogen) atoms. The van der Waals surface area contributed by atoms with Gasteiger partial charge in [-0.25, -0.2) is 4.39 Å². The fourth-order valence-electron chi connectivity index (χ4n) is 2.49. The summed E-state index contributed by atoms with van der Waals surface area (Å²) in [6, 6.07) is 5.84. The first kappa shape index (κ1) is 14.3. The molecular formula is C15H23FN2O. The molecule has 1 aromatic carbocycles. The molecule has 0 bridgehead atoms. The van der Waals surface area contributed by atoms with Crippen molar-refractivity contribution in [2.45, 2.75) is 25.8 Å². The Labute approximate surface area is 114 Å². The maximum absolute atomic E-state index is 13.7. The Hall–Kier alpha value is -1.13. The van der Waals surface area contributed by atoms with E-state index < -0.39 is 0 Å². The molecule has 1 heterocycles. The van der Waals surface area contributed by atoms with Crippen LogP contribution < -0.4 is 10.1 Å². The highest BCUT2D eigenvalue weighted by Gasteiger charge is 2.18. The lowest BCUT2D eigenvalue weighted by Gasteiger charge is -2.33. The van der Waals surface area contributed by atoms with Crippen molar-refractivity contribution in [2.75, 3.05) is 33.3 Å². The highest BCUT2D eigenvalue weighted by Crippen LogP contribution is 2.20. The Balaban J connectivity index is 1.90. The van der Waals surface area contributed by atoms with Crippen molar-refractivity contribution in [3.05, 3.63) is 29.6 Å². The van der Waals surface area contributed by atoms with E-state index in [0.29, 0.717) is 18.4 Å². The number of benzene rings is 1. The predicted octanol–water partition coefficient (Wildman–Crippen LogP) is 2.06. The number of hydrogen-bond donors (Lipinski definition) is 1. The first-order chi connectivity index (χ1) is 9.20. The fraction of sp³-hybridized carbons (Fsp3) is 0.600. The van der Waals surface area contributed by atoms with Gasteiger partial charge in [0.25, 0.3) is 0 Å². The molecule has 0 aromatic heterocycles. The smallest absolute Gasteiger partial charge is 0.165 e. The molecule has 1 fully saturated rings. The van der Waals surface area contributed by atoms with Crippen LogP contribution in [0.15, 0.2) is 18.2 Å². The molecule has 106 valence electrons. The van der Waals surface area contributed by atoms with Crippen LogP contribution in [0.4, 0.5) is 4.39 Å². The summed E-state index contributed by atoms with van der Waals surface area (Å²) in [5.74, 6) is 0.0946. The molecule has 1 aliphatic heterocycles. The number of nitrogens with zero attached hydrogens (tertiary/aromatic N) is 1. The highest BCUT2D eigenvalue weighted by molar-refractivity contribution is 5.29. The summed E-state index contributed by atoms with van der Waals surface area (Å²) in [6.07, 6.45) is 1.96. The first-order valence-corrected chi connectivity index (χ1v) is 7.03. The van der Waals surface area contributed by atoms with Gasteiger partial charge in [-0.05, 0) is 44.5 Å². The largest absolute Gasteiger partial charge is 0.491 e. The van der Waals surface area contributed by atoms with Gasteiger partial charge in [-0.15, -0.1) is 0 Å². The highest BCUT2D eigenvalue weighted by atomic mass is 19.1. The van der Waals surface area contributed by atoms with E-state index in [1.165, 1.54) is 0 Å². The lowest BCUT2D eigenvalue weighted by atomic mass is 10.0. The third-order valence-corrected chi connectivity index (χ3v) is 3.71. The van der Waals surface area contributed by atoms with E-state index in [1.54, 1.807) is 12.1 Å². The maximum Gasteiger partial charge on any atom is 0.165 e. The summed E-state index contributed by atoms with van der Waals surface area (Å²) < 4.78 is 18.9. The molecule has 1 unspecified atom stereocenters. The summed E-state index contributed by atoms with van der Waals surface area (Å²) in [6.45, 7) is 5.52. The zero-order valence-electron chi connectivity index (χ0n) is 11.8. The molecule has 1 saturated heterocycles. The van der Waals surface area contributed by atoms with E-state index in [1.807, 2.05) is 13.0 Å². The second kappa shape index (κ2) is 6.87. The number of piperazine rings is 1. The van der Waals surface area contributed by atoms with E-state index in [0.717, 1.165) is 38.0 Å². The number of aryl methyl sites for hydroxylation is 1. The van der Waals surface area contributed by atoms with Crippen LogP contribution in [0, 0.1) is 5.82 Å². The maximum atomic E-state index is 13.7. The third-order valence-electron chi connectivity index (χ3n) is 3.71. The van der Waals surface area contributed by atoms with Crippen molar-refractivity contribution in [3.63, 3.8) is 0 Å². The van der Waals surface area contributed by atoms with Crippen LogP contribution in [0.2, 0.25) is 0 Å². The Morgan fingerprint density at radius 1 is 1.47 bits per heavy atom. The topological polar surface area (TPSA) is 24.5 Å². The van der Waals surface area contributed by atoms with Crippen molar-refractivity contribution in [2.24, 2.45) is 0 Å². The summed E-state index contributed by atoms with van der Waals surface area (Å²) in [7, 11) is 2.16. The minimum Gasteiger partial charge on any atom is -0.491 e. The zero-order chi connectivity index (χ0) is 13.7. The van der Waals surface area contributed by atoms with Crippen molar-refractivity contribution in [1.29, 1.82) is 0 Å². The molecule has 0 saturated carbocycles. The Bertz CT molecular complexity index is 411. The van der Waals surface area contributed by atoms with Crippen LogP contribution >= 0.6 is 0 Å². The molecule has 1 N–H and O–H groups in total. The van der Waals surface area contributed by atoms with Crippen molar-refractivity contribution in [3.8, 4) is 5.75 Å². The van der Waals surface area contributed by atoms with E-state index in [2.05, 4.69) is 17.3 Å². The molecule has 4 heteroatoms. The van der Waals surface area contributed by atoms with Gasteiger partial charge in [-0.1, -0.05) is 6.07 Å². The van der Waals surface area contributed by atoms with Gasteiger partial charge < -0.3 is 15.0 Å². The van der Waals surface area contributed by atoms with Crippen molar-refractivity contribution in [1.82, 2.24) is 10.2 Å². The molecule has 2 rings (SSSR count). The van der Waals surface area contributed by atoms with Crippen molar-refractivity contribution < 1.29 is 9.13 Å². The fourth-order valence-corrected chi connectivity index (χ4v) is 2.49. The third kappa shape index (κ3) is 3.91. The van der Waals surface area contributed by atoms with E-state index >= 15 is 0 Å². The Kier molecular flexibility index (Phi) is 5.16. The van der Waals surface area contributed by atoms with Crippen LogP contribution in [0.1, 0.15) is 18.9 Å². The monoisotopic (exact) mass is 266 g/mol. The average Bonchev–Trinajstić information content (AvgIpc) is 2.41. The minimum atomic E-state index is -0.255. The normalized spacial score (nSPS) is 20.5. The summed E-state index contributed by atoms with van der Waals surface area (Å²) in [5.41, 5.74) is 1.04. The minimum absolute atomic E-state index is 0.255. The molecule has 1 aliphatic rings. The van der Waals surface area contributed by atoms with Gasteiger partial charge in [0, 0.05) is 25.7 Å². The number of likely N-dealkylation sites (N-methyl/N-ethyl adjacent to an activating group) is 1. The van der Waals surface area contributed by atoms with Gasteiger partial charge in [0.15, 0.2) is 11.6 Å². The second-order valence-corrected chi connectivity index (χ2v) is 5.08. The zero-order valence-corrected chi connectivity index (χ0v) is 11.8. The predicted molar refractivity (Wildman–Crippen MR) is 75.2 cm³/mol. The Morgan fingerprint density at radius 2 is 2.32 bits per heavy atom. The van der Waals surface area contributed by atoms with E-state index in [9.17, 15) is 4.39 Å². The van der Waals surface area contributed by atoms with Gasteiger partial charge in [0.2, 0.25) is 0 Å². The molecule has 0 radical (unpaired) electrons. The summed E-state index contributed by atoms with van der Waals surface area (Å²) >= 11 is 0. The molecule has 0 amide bonds. The number of halogens is 1. The summed E-state index contributed by atoms with van der Waals surface area (Å²) in [4.78, 5) is 2.38. The van der Waals surface area contributed by atoms with Crippen LogP contribution in [0.5, 0.6) is 5.75 Å². The van der Waals surface area contributed by atoms with Crippen LogP contribution in [0.3, 0.4) is 0 Å². The lowest BCUT2D eigenvalue weighted by molar-refractivity contribution is 0.190. The lowest BCUT2D eigenvalue weighted by Crippen LogP contribution is -2.49. The molecule has 1 aromatic rings. The average molecular weight is 266 g/mol. The van der Waals surface area contributed by atoms with Gasteiger partial charge in [-0.3, -0.25) is 0 Å². The van der Waals surface area contributed by atoms with Crippen LogP contribution in [-0.4, -0.2) is 44.2 Å². The van der Waals surface area contributed by atoms with Gasteiger partial charge in [0.1, 0.15) is 0 Å². The van der Waals surface area contributed by atoms with Crippen molar-refractivity contribution >= 4 is 0 Å². The molecular weight excluding hydrogens is 243 g/mol. The number of nitrogens with one attached hydrogen (secondary N) is 1. The SMILES string of the molecule is CCOc1ccc(CCC2CNCCN2C)cc1F. The van der Waals surface area contributed by atoms with E-state index in [-0.39, 0.29) is 5.82 Å². The molecule has 1 atom stereocenters. The standard InChI is InChI=1S/C15H23FN2O/c1-3-19-15-7-5-12(10-14(15)16)4-6-13-11-17-8-9-18(13)2/h5,7,10,13,17H,3-4,6,8-9,11H2,1-2H3. The van der Waals surface area contributed by atoms with Crippen LogP contribution in [-0.2, 0) is 6.42 Å². The van der Waals surface area contributed by atoms with Crippen LogP contribution in [0.25, 0.3) is 0 Å². The molecule has 3 nitrogen and oxygen atoms in total. The van der Waals surface area contributed by atoms with Gasteiger partial charge >= 0.3 is 0 Å². The summed E-state index contributed by atoms with van der Waals surface area (Å²) in [5, 5.41) is 3.40. The van der Waals surface area contributed by atoms with E-state index in [4.69, 9.17) is 4.74 Å². The number of ether oxygens (including phenoxy) is 1. The molecule has 0 aliphatic carbocycles. The quantitative estimate of drug-likeness (QED) is 0.883. The van der Waals surface area contributed by atoms with Gasteiger partial charge in [-0.2, -0.15) is 0 Å². The first-order valence-electron chi connectivity index (χ1n) is 7.03. The second-order valence-electron chi connectivity index (χ2n) is 5.08. The molecule has 0 spiro atoms. The Morgan fingerprint density at radius 3 is 3.00 bits per heavy atom. The number of hydrogen-bond acceptors (Lipinski definition) is 3.